The number of hydrogen-bond acceptors (Lipinski definition) is 8. The Morgan fingerprint density at radius 2 is 1.65 bits per heavy atom. The number of hydrogen-bond donors (Lipinski definition) is 3. The highest BCUT2D eigenvalue weighted by atomic mass is 35.5. The lowest BCUT2D eigenvalue weighted by molar-refractivity contribution is -0.657. The van der Waals surface area contributed by atoms with Crippen LogP contribution in [0.1, 0.15) is 0 Å². The van der Waals surface area contributed by atoms with E-state index in [-0.39, 0.29) is 19.0 Å². The molecule has 0 bridgehead atoms. The van der Waals surface area contributed by atoms with E-state index in [1.165, 1.54) is 5.01 Å². The number of carboxylic acids is 1. The molecule has 0 amide bonds. The number of carboxylic acid groups (broad SMARTS) is 1. The Morgan fingerprint density at radius 1 is 1.06 bits per heavy atom. The molecule has 11 heteroatoms. The smallest absolute Gasteiger partial charge is 0.421 e. The standard InChI is InChI=1S/C20H24N8O2.ClH/c1-26-12-13-27(2)20(26)24-22-17-8-4-15(5-9-17)21-16-6-10-18(11-7-16)23-25-28(3)14-19(29)30;/h4-13H,14H2,1-3H3,(H3,21,22,23,25,29,30);1H/p-1. The maximum absolute atomic E-state index is 10.5. The molecule has 0 saturated heterocycles. The predicted octanol–water partition coefficient (Wildman–Crippen LogP) is -1.47. The Morgan fingerprint density at radius 3 is 2.19 bits per heavy atom. The summed E-state index contributed by atoms with van der Waals surface area (Å²) in [6.45, 7) is -0.230. The zero-order valence-corrected chi connectivity index (χ0v) is 18.2. The number of anilines is 3. The van der Waals surface area contributed by atoms with Crippen molar-refractivity contribution in [3.05, 3.63) is 60.9 Å². The number of benzene rings is 2. The first-order valence-corrected chi connectivity index (χ1v) is 9.23. The number of carbonyl (C=O) groups is 1. The van der Waals surface area contributed by atoms with Crippen LogP contribution in [0.5, 0.6) is 0 Å². The van der Waals surface area contributed by atoms with Crippen molar-refractivity contribution in [2.24, 2.45) is 24.3 Å². The summed E-state index contributed by atoms with van der Waals surface area (Å²) in [4.78, 5) is 10.5. The Bertz CT molecular complexity index is 999. The number of hydrazine groups is 2. The molecule has 0 spiro atoms. The van der Waals surface area contributed by atoms with Gasteiger partial charge in [-0.3, -0.25) is 0 Å². The molecule has 3 aromatic rings. The monoisotopic (exact) mass is 443 g/mol. The van der Waals surface area contributed by atoms with E-state index in [2.05, 4.69) is 26.5 Å². The molecule has 0 radical (unpaired) electrons. The SMILES string of the molecule is CN(CC(=O)[O-])NNc1ccc(Nc2ccc(N=Nc3n(C)cc[n+]3C)cc2)cc1.[Cl-]. The summed E-state index contributed by atoms with van der Waals surface area (Å²) in [7, 11) is 5.44. The molecular weight excluding hydrogens is 420 g/mol. The molecule has 0 saturated carbocycles. The quantitative estimate of drug-likeness (QED) is 0.211. The maximum Gasteiger partial charge on any atom is 0.421 e. The average Bonchev–Trinajstić information content (AvgIpc) is 3.04. The van der Waals surface area contributed by atoms with Crippen molar-refractivity contribution >= 4 is 34.7 Å². The Balaban J connectivity index is 0.00000341. The molecule has 1 heterocycles. The lowest BCUT2D eigenvalue weighted by atomic mass is 10.2. The van der Waals surface area contributed by atoms with Crippen LogP contribution in [0.2, 0.25) is 0 Å². The third-order valence-electron chi connectivity index (χ3n) is 4.20. The molecular formula is C20H24ClN8O2-. The van der Waals surface area contributed by atoms with Crippen LogP contribution >= 0.6 is 0 Å². The van der Waals surface area contributed by atoms with Crippen molar-refractivity contribution < 1.29 is 26.9 Å². The summed E-state index contributed by atoms with van der Waals surface area (Å²) in [6.07, 6.45) is 3.84. The number of aryl methyl sites for hydroxylation is 2. The van der Waals surface area contributed by atoms with Gasteiger partial charge in [0.15, 0.2) is 0 Å². The number of halogens is 1. The van der Waals surface area contributed by atoms with Crippen LogP contribution in [-0.4, -0.2) is 29.1 Å². The van der Waals surface area contributed by atoms with E-state index in [1.54, 1.807) is 7.05 Å². The Hall–Kier alpha value is -3.47. The van der Waals surface area contributed by atoms with Gasteiger partial charge in [0.2, 0.25) is 0 Å². The lowest BCUT2D eigenvalue weighted by Crippen LogP contribution is -3.00. The molecule has 31 heavy (non-hydrogen) atoms. The highest BCUT2D eigenvalue weighted by molar-refractivity contribution is 5.66. The fraction of sp³-hybridized carbons (Fsp3) is 0.200. The van der Waals surface area contributed by atoms with Crippen LogP contribution in [0.4, 0.5) is 28.7 Å². The van der Waals surface area contributed by atoms with Gasteiger partial charge in [0.1, 0.15) is 5.69 Å². The maximum atomic E-state index is 10.5. The number of likely N-dealkylation sites (N-methyl/N-ethyl adjacent to an activating group) is 1. The molecule has 0 unspecified atom stereocenters. The van der Waals surface area contributed by atoms with Crippen molar-refractivity contribution in [1.82, 2.24) is 15.1 Å². The van der Waals surface area contributed by atoms with E-state index >= 15 is 0 Å². The van der Waals surface area contributed by atoms with Gasteiger partial charge < -0.3 is 33.1 Å². The van der Waals surface area contributed by atoms with Crippen molar-refractivity contribution in [2.45, 2.75) is 0 Å². The van der Waals surface area contributed by atoms with Gasteiger partial charge in [-0.15, -0.1) is 0 Å². The van der Waals surface area contributed by atoms with Gasteiger partial charge in [-0.05, 0) is 48.5 Å². The van der Waals surface area contributed by atoms with E-state index < -0.39 is 5.97 Å². The normalized spacial score (nSPS) is 10.8. The third-order valence-corrected chi connectivity index (χ3v) is 4.20. The highest BCUT2D eigenvalue weighted by Crippen LogP contribution is 2.22. The van der Waals surface area contributed by atoms with Crippen LogP contribution in [0.15, 0.2) is 71.2 Å². The van der Waals surface area contributed by atoms with Gasteiger partial charge in [0.25, 0.3) is 0 Å². The van der Waals surface area contributed by atoms with E-state index in [9.17, 15) is 9.90 Å². The van der Waals surface area contributed by atoms with E-state index in [4.69, 9.17) is 0 Å². The Kier molecular flexibility index (Phi) is 8.50. The summed E-state index contributed by atoms with van der Waals surface area (Å²) in [5, 5.41) is 23.8. The minimum Gasteiger partial charge on any atom is -1.00 e. The topological polar surface area (TPSA) is 113 Å². The van der Waals surface area contributed by atoms with Gasteiger partial charge in [-0.2, -0.15) is 5.53 Å². The fourth-order valence-corrected chi connectivity index (χ4v) is 2.63. The van der Waals surface area contributed by atoms with Crippen LogP contribution in [0.3, 0.4) is 0 Å². The van der Waals surface area contributed by atoms with Gasteiger partial charge in [-0.25, -0.2) is 14.1 Å². The summed E-state index contributed by atoms with van der Waals surface area (Å²) in [5.41, 5.74) is 9.04. The van der Waals surface area contributed by atoms with Crippen molar-refractivity contribution in [3.63, 3.8) is 0 Å². The predicted molar refractivity (Wildman–Crippen MR) is 111 cm³/mol. The molecule has 2 aromatic carbocycles. The van der Waals surface area contributed by atoms with Crippen LogP contribution in [-0.2, 0) is 18.9 Å². The van der Waals surface area contributed by atoms with Crippen LogP contribution in [0, 0.1) is 0 Å². The van der Waals surface area contributed by atoms with E-state index in [0.29, 0.717) is 0 Å². The molecule has 0 aliphatic rings. The molecule has 0 atom stereocenters. The second-order valence-corrected chi connectivity index (χ2v) is 6.73. The molecule has 0 aliphatic carbocycles. The molecule has 10 nitrogen and oxygen atoms in total. The highest BCUT2D eigenvalue weighted by Gasteiger charge is 2.10. The average molecular weight is 444 g/mol. The first kappa shape index (κ1) is 23.8. The number of aliphatic carboxylic acids is 1. The van der Waals surface area contributed by atoms with E-state index in [0.717, 1.165) is 28.7 Å². The number of nitrogens with zero attached hydrogens (tertiary/aromatic N) is 5. The van der Waals surface area contributed by atoms with Crippen molar-refractivity contribution in [1.29, 1.82) is 0 Å². The summed E-state index contributed by atoms with van der Waals surface area (Å²) in [6, 6.07) is 15.2. The van der Waals surface area contributed by atoms with Gasteiger partial charge in [0.05, 0.1) is 44.7 Å². The molecule has 0 fully saturated rings. The zero-order valence-electron chi connectivity index (χ0n) is 17.4. The summed E-state index contributed by atoms with van der Waals surface area (Å²) >= 11 is 0. The number of imidazole rings is 1. The van der Waals surface area contributed by atoms with Crippen molar-refractivity contribution in [2.75, 3.05) is 24.3 Å². The largest absolute Gasteiger partial charge is 1.00 e. The number of carbonyl (C=O) groups excluding carboxylic acids is 1. The molecule has 0 aliphatic heterocycles. The minimum absolute atomic E-state index is 0. The van der Waals surface area contributed by atoms with Gasteiger partial charge in [-0.1, -0.05) is 5.11 Å². The minimum atomic E-state index is -1.16. The van der Waals surface area contributed by atoms with Crippen LogP contribution < -0.4 is 38.4 Å². The summed E-state index contributed by atoms with van der Waals surface area (Å²) in [5.74, 6) is -0.404. The van der Waals surface area contributed by atoms with Gasteiger partial charge >= 0.3 is 5.95 Å². The number of azo groups is 1. The first-order valence-electron chi connectivity index (χ1n) is 9.23. The zero-order chi connectivity index (χ0) is 21.5. The number of rotatable bonds is 9. The molecule has 3 N–H and O–H groups in total. The number of nitrogens with one attached hydrogen (secondary N) is 3. The third kappa shape index (κ3) is 7.07. The molecule has 1 aromatic heterocycles. The second-order valence-electron chi connectivity index (χ2n) is 6.73. The number of aromatic nitrogens is 2. The lowest BCUT2D eigenvalue weighted by Gasteiger charge is -2.19. The molecule has 164 valence electrons. The van der Waals surface area contributed by atoms with Gasteiger partial charge in [0, 0.05) is 23.5 Å². The first-order chi connectivity index (χ1) is 14.4. The van der Waals surface area contributed by atoms with E-state index in [1.807, 2.05) is 84.2 Å². The Labute approximate surface area is 186 Å². The van der Waals surface area contributed by atoms with Crippen molar-refractivity contribution in [3.8, 4) is 0 Å². The fourth-order valence-electron chi connectivity index (χ4n) is 2.63. The van der Waals surface area contributed by atoms with Crippen LogP contribution in [0.25, 0.3) is 0 Å². The molecule has 3 rings (SSSR count). The summed E-state index contributed by atoms with van der Waals surface area (Å²) < 4.78 is 3.80. The second kappa shape index (κ2) is 11.1.